The number of nitrogens with zero attached hydrogens (tertiary/aromatic N) is 1. The van der Waals surface area contributed by atoms with E-state index >= 15 is 0 Å². The van der Waals surface area contributed by atoms with Gasteiger partial charge in [-0.1, -0.05) is 31.5 Å². The van der Waals surface area contributed by atoms with E-state index in [9.17, 15) is 8.42 Å². The molecule has 0 spiro atoms. The topological polar surface area (TPSA) is 63.4 Å². The second-order valence-electron chi connectivity index (χ2n) is 3.97. The maximum Gasteiger partial charge on any atom is 0.244 e. The van der Waals surface area contributed by atoms with E-state index in [1.165, 1.54) is 4.31 Å². The Morgan fingerprint density at radius 2 is 2.00 bits per heavy atom. The highest BCUT2D eigenvalue weighted by molar-refractivity contribution is 7.89. The SMILES string of the molecule is CCCN(CC)S(=O)(=O)c1cc(CN)ccc1Cl. The van der Waals surface area contributed by atoms with Gasteiger partial charge >= 0.3 is 0 Å². The third-order valence-corrected chi connectivity index (χ3v) is 5.13. The van der Waals surface area contributed by atoms with Gasteiger partial charge in [0.15, 0.2) is 0 Å². The van der Waals surface area contributed by atoms with Gasteiger partial charge in [0.05, 0.1) is 5.02 Å². The van der Waals surface area contributed by atoms with Crippen LogP contribution >= 0.6 is 11.6 Å². The van der Waals surface area contributed by atoms with Crippen LogP contribution in [0.4, 0.5) is 0 Å². The lowest BCUT2D eigenvalue weighted by Crippen LogP contribution is -2.31. The van der Waals surface area contributed by atoms with E-state index in [1.807, 2.05) is 13.8 Å². The van der Waals surface area contributed by atoms with Crippen molar-refractivity contribution in [2.75, 3.05) is 13.1 Å². The summed E-state index contributed by atoms with van der Waals surface area (Å²) in [5, 5.41) is 0.238. The highest BCUT2D eigenvalue weighted by atomic mass is 35.5. The summed E-state index contributed by atoms with van der Waals surface area (Å²) in [6.45, 7) is 4.96. The highest BCUT2D eigenvalue weighted by Crippen LogP contribution is 2.25. The number of benzene rings is 1. The maximum atomic E-state index is 12.4. The van der Waals surface area contributed by atoms with Crippen molar-refractivity contribution in [3.63, 3.8) is 0 Å². The van der Waals surface area contributed by atoms with Gasteiger partial charge in [-0.25, -0.2) is 8.42 Å². The summed E-state index contributed by atoms with van der Waals surface area (Å²) < 4.78 is 26.3. The number of halogens is 1. The van der Waals surface area contributed by atoms with Gasteiger partial charge in [-0.3, -0.25) is 0 Å². The average Bonchev–Trinajstić information content (AvgIpc) is 2.36. The molecule has 4 nitrogen and oxygen atoms in total. The van der Waals surface area contributed by atoms with Crippen molar-refractivity contribution in [2.45, 2.75) is 31.7 Å². The van der Waals surface area contributed by atoms with E-state index < -0.39 is 10.0 Å². The molecule has 0 atom stereocenters. The molecule has 6 heteroatoms. The maximum absolute atomic E-state index is 12.4. The van der Waals surface area contributed by atoms with Gasteiger partial charge in [-0.2, -0.15) is 4.31 Å². The van der Waals surface area contributed by atoms with Crippen LogP contribution in [-0.4, -0.2) is 25.8 Å². The second kappa shape index (κ2) is 6.52. The van der Waals surface area contributed by atoms with Gasteiger partial charge in [0.25, 0.3) is 0 Å². The molecule has 1 rings (SSSR count). The van der Waals surface area contributed by atoms with Crippen molar-refractivity contribution in [3.8, 4) is 0 Å². The minimum Gasteiger partial charge on any atom is -0.326 e. The Balaban J connectivity index is 3.26. The van der Waals surface area contributed by atoms with E-state index in [0.717, 1.165) is 12.0 Å². The lowest BCUT2D eigenvalue weighted by molar-refractivity contribution is 0.427. The van der Waals surface area contributed by atoms with Crippen LogP contribution in [0.15, 0.2) is 23.1 Å². The summed E-state index contributed by atoms with van der Waals surface area (Å²) in [6, 6.07) is 4.86. The third kappa shape index (κ3) is 3.23. The van der Waals surface area contributed by atoms with Crippen molar-refractivity contribution in [2.24, 2.45) is 5.73 Å². The molecule has 0 aromatic heterocycles. The minimum atomic E-state index is -3.53. The monoisotopic (exact) mass is 290 g/mol. The summed E-state index contributed by atoms with van der Waals surface area (Å²) in [5.41, 5.74) is 6.28. The van der Waals surface area contributed by atoms with Gasteiger partial charge < -0.3 is 5.73 Å². The van der Waals surface area contributed by atoms with Crippen LogP contribution in [0.25, 0.3) is 0 Å². The number of sulfonamides is 1. The summed E-state index contributed by atoms with van der Waals surface area (Å²) in [6.07, 6.45) is 0.765. The first-order chi connectivity index (χ1) is 8.47. The molecule has 0 amide bonds. The normalized spacial score (nSPS) is 12.1. The Kier molecular flexibility index (Phi) is 5.59. The smallest absolute Gasteiger partial charge is 0.244 e. The summed E-state index contributed by atoms with van der Waals surface area (Å²) >= 11 is 5.99. The molecule has 0 unspecified atom stereocenters. The highest BCUT2D eigenvalue weighted by Gasteiger charge is 2.25. The standard InChI is InChI=1S/C12H19ClN2O2S/c1-3-7-15(4-2)18(16,17)12-8-10(9-14)5-6-11(12)13/h5-6,8H,3-4,7,9,14H2,1-2H3. The lowest BCUT2D eigenvalue weighted by atomic mass is 10.2. The first-order valence-corrected chi connectivity index (χ1v) is 7.77. The molecule has 0 aliphatic carbocycles. The summed E-state index contributed by atoms with van der Waals surface area (Å²) in [5.74, 6) is 0. The number of hydrogen-bond donors (Lipinski definition) is 1. The van der Waals surface area contributed by atoms with Crippen molar-refractivity contribution in [1.82, 2.24) is 4.31 Å². The van der Waals surface area contributed by atoms with E-state index in [4.69, 9.17) is 17.3 Å². The van der Waals surface area contributed by atoms with Gasteiger partial charge in [0.1, 0.15) is 4.90 Å². The molecule has 0 bridgehead atoms. The molecule has 0 fully saturated rings. The van der Waals surface area contributed by atoms with Crippen LogP contribution < -0.4 is 5.73 Å². The van der Waals surface area contributed by atoms with E-state index in [2.05, 4.69) is 0 Å². The predicted octanol–water partition coefficient (Wildman–Crippen LogP) is 2.22. The third-order valence-electron chi connectivity index (χ3n) is 2.67. The van der Waals surface area contributed by atoms with Crippen molar-refractivity contribution >= 4 is 21.6 Å². The Morgan fingerprint density at radius 3 is 2.50 bits per heavy atom. The molecule has 0 saturated carbocycles. The van der Waals surface area contributed by atoms with E-state index in [-0.39, 0.29) is 9.92 Å². The Hall–Kier alpha value is -0.620. The van der Waals surface area contributed by atoms with Crippen molar-refractivity contribution < 1.29 is 8.42 Å². The minimum absolute atomic E-state index is 0.141. The molecule has 102 valence electrons. The molecule has 0 aliphatic heterocycles. The first kappa shape index (κ1) is 15.4. The lowest BCUT2D eigenvalue weighted by Gasteiger charge is -2.20. The van der Waals surface area contributed by atoms with Crippen LogP contribution in [0.3, 0.4) is 0 Å². The fourth-order valence-electron chi connectivity index (χ4n) is 1.71. The quantitative estimate of drug-likeness (QED) is 0.874. The predicted molar refractivity (Wildman–Crippen MR) is 74.1 cm³/mol. The Labute approximate surface area is 114 Å². The van der Waals surface area contributed by atoms with Crippen molar-refractivity contribution in [3.05, 3.63) is 28.8 Å². The zero-order valence-electron chi connectivity index (χ0n) is 10.7. The second-order valence-corrected chi connectivity index (χ2v) is 6.28. The number of rotatable bonds is 6. The molecule has 0 aliphatic rings. The van der Waals surface area contributed by atoms with Crippen LogP contribution in [-0.2, 0) is 16.6 Å². The molecule has 0 heterocycles. The molecule has 2 N–H and O–H groups in total. The first-order valence-electron chi connectivity index (χ1n) is 5.96. The van der Waals surface area contributed by atoms with Gasteiger partial charge in [0, 0.05) is 19.6 Å². The molecular formula is C12H19ClN2O2S. The number of nitrogens with two attached hydrogens (primary N) is 1. The van der Waals surface area contributed by atoms with E-state index in [0.29, 0.717) is 19.6 Å². The summed E-state index contributed by atoms with van der Waals surface area (Å²) in [7, 11) is -3.53. The van der Waals surface area contributed by atoms with Gasteiger partial charge in [0.2, 0.25) is 10.0 Å². The van der Waals surface area contributed by atoms with Crippen LogP contribution in [0.1, 0.15) is 25.8 Å². The molecule has 1 aromatic rings. The van der Waals surface area contributed by atoms with Crippen LogP contribution in [0.5, 0.6) is 0 Å². The van der Waals surface area contributed by atoms with Crippen LogP contribution in [0, 0.1) is 0 Å². The van der Waals surface area contributed by atoms with Gasteiger partial charge in [-0.15, -0.1) is 0 Å². The largest absolute Gasteiger partial charge is 0.326 e. The fraction of sp³-hybridized carbons (Fsp3) is 0.500. The van der Waals surface area contributed by atoms with Crippen molar-refractivity contribution in [1.29, 1.82) is 0 Å². The number of hydrogen-bond acceptors (Lipinski definition) is 3. The average molecular weight is 291 g/mol. The molecule has 0 radical (unpaired) electrons. The Morgan fingerprint density at radius 1 is 1.33 bits per heavy atom. The zero-order chi connectivity index (χ0) is 13.8. The molecular weight excluding hydrogens is 272 g/mol. The molecule has 18 heavy (non-hydrogen) atoms. The molecule has 1 aromatic carbocycles. The zero-order valence-corrected chi connectivity index (χ0v) is 12.3. The van der Waals surface area contributed by atoms with Gasteiger partial charge in [-0.05, 0) is 24.1 Å². The van der Waals surface area contributed by atoms with Crippen LogP contribution in [0.2, 0.25) is 5.02 Å². The summed E-state index contributed by atoms with van der Waals surface area (Å²) in [4.78, 5) is 0.141. The van der Waals surface area contributed by atoms with E-state index in [1.54, 1.807) is 18.2 Å². The Bertz CT molecular complexity index is 503. The molecule has 0 saturated heterocycles. The fourth-order valence-corrected chi connectivity index (χ4v) is 3.77.